The maximum atomic E-state index is 13.1. The monoisotopic (exact) mass is 470 g/mol. The van der Waals surface area contributed by atoms with Gasteiger partial charge >= 0.3 is 0 Å². The Morgan fingerprint density at radius 1 is 1.15 bits per heavy atom. The minimum atomic E-state index is -3.46. The van der Waals surface area contributed by atoms with E-state index >= 15 is 0 Å². The van der Waals surface area contributed by atoms with Crippen LogP contribution in [0.5, 0.6) is 0 Å². The second kappa shape index (κ2) is 7.93. The van der Waals surface area contributed by atoms with Crippen molar-refractivity contribution in [3.63, 3.8) is 0 Å². The number of hydrogen-bond acceptors (Lipinski definition) is 5. The fourth-order valence-electron chi connectivity index (χ4n) is 4.35. The van der Waals surface area contributed by atoms with E-state index in [0.717, 1.165) is 29.4 Å². The van der Waals surface area contributed by atoms with Crippen LogP contribution in [0.1, 0.15) is 24.3 Å². The van der Waals surface area contributed by atoms with E-state index in [2.05, 4.69) is 33.0 Å². The van der Waals surface area contributed by atoms with E-state index in [-0.39, 0.29) is 24.6 Å². The van der Waals surface area contributed by atoms with Gasteiger partial charge < -0.3 is 5.11 Å². The highest BCUT2D eigenvalue weighted by Gasteiger charge is 2.50. The number of fused-ring (bicyclic) bond motifs is 1. The van der Waals surface area contributed by atoms with Crippen molar-refractivity contribution in [2.45, 2.75) is 35.1 Å². The lowest BCUT2D eigenvalue weighted by Gasteiger charge is -2.57. The molecule has 8 heteroatoms. The number of sulfonamides is 1. The number of rotatable bonds is 4. The molecule has 0 radical (unpaired) electrons. The largest absolute Gasteiger partial charge is 0.395 e. The summed E-state index contributed by atoms with van der Waals surface area (Å²) in [5, 5.41) is 11.8. The molecule has 3 heterocycles. The van der Waals surface area contributed by atoms with E-state index in [1.165, 1.54) is 11.3 Å². The number of aliphatic hydroxyl groups excluding tert-OH is 1. The van der Waals surface area contributed by atoms with E-state index < -0.39 is 10.0 Å². The van der Waals surface area contributed by atoms with Crippen LogP contribution in [0.25, 0.3) is 0 Å². The first-order chi connectivity index (χ1) is 13.0. The third kappa shape index (κ3) is 3.63. The molecule has 0 amide bonds. The van der Waals surface area contributed by atoms with Crippen LogP contribution in [-0.4, -0.2) is 61.1 Å². The van der Waals surface area contributed by atoms with Crippen molar-refractivity contribution in [2.24, 2.45) is 0 Å². The molecule has 1 N–H and O–H groups in total. The molecule has 2 saturated heterocycles. The lowest BCUT2D eigenvalue weighted by Crippen LogP contribution is -2.67. The van der Waals surface area contributed by atoms with Crippen LogP contribution in [0.15, 0.2) is 50.5 Å². The molecule has 0 aliphatic carbocycles. The Bertz CT molecular complexity index is 871. The van der Waals surface area contributed by atoms with Crippen molar-refractivity contribution in [3.8, 4) is 0 Å². The standard InChI is InChI=1S/C19H23BrN2O3S2/c20-15-7-5-14(6-8-15)19-16-12-21(27(24,25)18-4-3-11-26-18)9-1-2-10-22(16)17(19)13-23/h3-8,11,16-17,19,23H,1-2,9-10,12-13H2/t16-,17+,19+/m0/s1. The van der Waals surface area contributed by atoms with Gasteiger partial charge in [-0.2, -0.15) is 4.31 Å². The van der Waals surface area contributed by atoms with Gasteiger partial charge in [0.2, 0.25) is 0 Å². The van der Waals surface area contributed by atoms with Gasteiger partial charge in [-0.25, -0.2) is 8.42 Å². The van der Waals surface area contributed by atoms with Crippen LogP contribution >= 0.6 is 27.3 Å². The van der Waals surface area contributed by atoms with Gasteiger partial charge in [-0.05, 0) is 48.5 Å². The Morgan fingerprint density at radius 3 is 2.56 bits per heavy atom. The normalized spacial score (nSPS) is 27.4. The van der Waals surface area contributed by atoms with Crippen LogP contribution in [-0.2, 0) is 10.0 Å². The van der Waals surface area contributed by atoms with Crippen molar-refractivity contribution < 1.29 is 13.5 Å². The van der Waals surface area contributed by atoms with Crippen LogP contribution in [0.4, 0.5) is 0 Å². The zero-order valence-corrected chi connectivity index (χ0v) is 18.1. The second-order valence-electron chi connectivity index (χ2n) is 7.13. The first-order valence-corrected chi connectivity index (χ1v) is 12.3. The Hall–Kier alpha value is -0.770. The van der Waals surface area contributed by atoms with Crippen molar-refractivity contribution in [1.29, 1.82) is 0 Å². The molecule has 4 rings (SSSR count). The van der Waals surface area contributed by atoms with Gasteiger partial charge in [0.1, 0.15) is 4.21 Å². The van der Waals surface area contributed by atoms with Gasteiger partial charge in [0.05, 0.1) is 6.61 Å². The van der Waals surface area contributed by atoms with Crippen molar-refractivity contribution in [3.05, 3.63) is 51.8 Å². The maximum Gasteiger partial charge on any atom is 0.252 e. The number of benzene rings is 1. The van der Waals surface area contributed by atoms with Gasteiger partial charge in [0.25, 0.3) is 10.0 Å². The zero-order valence-electron chi connectivity index (χ0n) is 14.9. The molecule has 1 aromatic heterocycles. The average Bonchev–Trinajstić information content (AvgIpc) is 3.17. The molecule has 0 unspecified atom stereocenters. The number of thiophene rings is 1. The predicted molar refractivity (Wildman–Crippen MR) is 111 cm³/mol. The summed E-state index contributed by atoms with van der Waals surface area (Å²) in [6, 6.07) is 11.8. The summed E-state index contributed by atoms with van der Waals surface area (Å²) < 4.78 is 29.3. The smallest absolute Gasteiger partial charge is 0.252 e. The number of halogens is 1. The SMILES string of the molecule is O=S(=O)(c1cccs1)N1CCCCN2[C@H](CO)[C@H](c3ccc(Br)cc3)[C@@H]2C1. The van der Waals surface area contributed by atoms with Crippen LogP contribution in [0.2, 0.25) is 0 Å². The summed E-state index contributed by atoms with van der Waals surface area (Å²) in [4.78, 5) is 2.29. The van der Waals surface area contributed by atoms with Crippen molar-refractivity contribution >= 4 is 37.3 Å². The fourth-order valence-corrected chi connectivity index (χ4v) is 7.26. The minimum Gasteiger partial charge on any atom is -0.395 e. The summed E-state index contributed by atoms with van der Waals surface area (Å²) in [6.45, 7) is 2.03. The Kier molecular flexibility index (Phi) is 5.74. The molecule has 2 aromatic rings. The zero-order chi connectivity index (χ0) is 19.0. The summed E-state index contributed by atoms with van der Waals surface area (Å²) in [5.74, 6) is 0.141. The number of nitrogens with zero attached hydrogens (tertiary/aromatic N) is 2. The topological polar surface area (TPSA) is 60.9 Å². The van der Waals surface area contributed by atoms with Crippen molar-refractivity contribution in [1.82, 2.24) is 9.21 Å². The highest BCUT2D eigenvalue weighted by Crippen LogP contribution is 2.42. The fraction of sp³-hybridized carbons (Fsp3) is 0.474. The highest BCUT2D eigenvalue weighted by molar-refractivity contribution is 9.10. The van der Waals surface area contributed by atoms with Crippen LogP contribution in [0, 0.1) is 0 Å². The number of hydrogen-bond donors (Lipinski definition) is 1. The van der Waals surface area contributed by atoms with Gasteiger partial charge in [-0.1, -0.05) is 34.1 Å². The third-order valence-electron chi connectivity index (χ3n) is 5.68. The molecule has 0 saturated carbocycles. The Balaban J connectivity index is 1.63. The maximum absolute atomic E-state index is 13.1. The Morgan fingerprint density at radius 2 is 1.89 bits per heavy atom. The summed E-state index contributed by atoms with van der Waals surface area (Å²) in [6.07, 6.45) is 1.78. The van der Waals surface area contributed by atoms with E-state index in [1.54, 1.807) is 21.8 Å². The van der Waals surface area contributed by atoms with Gasteiger partial charge in [-0.3, -0.25) is 4.90 Å². The van der Waals surface area contributed by atoms with E-state index in [0.29, 0.717) is 17.3 Å². The van der Waals surface area contributed by atoms with E-state index in [9.17, 15) is 13.5 Å². The second-order valence-corrected chi connectivity index (χ2v) is 11.2. The molecule has 2 fully saturated rings. The summed E-state index contributed by atoms with van der Waals surface area (Å²) in [5.41, 5.74) is 1.16. The molecule has 2 aliphatic heterocycles. The highest BCUT2D eigenvalue weighted by atomic mass is 79.9. The van der Waals surface area contributed by atoms with Gasteiger partial charge in [-0.15, -0.1) is 11.3 Å². The lowest BCUT2D eigenvalue weighted by molar-refractivity contribution is -0.0553. The number of aliphatic hydroxyl groups is 1. The molecule has 2 aliphatic rings. The summed E-state index contributed by atoms with van der Waals surface area (Å²) in [7, 11) is -3.46. The molecule has 146 valence electrons. The van der Waals surface area contributed by atoms with Crippen LogP contribution < -0.4 is 0 Å². The van der Waals surface area contributed by atoms with Gasteiger partial charge in [0, 0.05) is 35.6 Å². The average molecular weight is 471 g/mol. The molecular formula is C19H23BrN2O3S2. The molecule has 5 nitrogen and oxygen atoms in total. The molecule has 3 atom stereocenters. The first kappa shape index (κ1) is 19.5. The third-order valence-corrected chi connectivity index (χ3v) is 9.44. The first-order valence-electron chi connectivity index (χ1n) is 9.18. The Labute approximate surface area is 172 Å². The predicted octanol–water partition coefficient (Wildman–Crippen LogP) is 3.12. The molecule has 0 bridgehead atoms. The molecular weight excluding hydrogens is 448 g/mol. The molecule has 1 aromatic carbocycles. The van der Waals surface area contributed by atoms with Crippen LogP contribution in [0.3, 0.4) is 0 Å². The quantitative estimate of drug-likeness (QED) is 0.745. The summed E-state index contributed by atoms with van der Waals surface area (Å²) >= 11 is 4.74. The molecule has 0 spiro atoms. The lowest BCUT2D eigenvalue weighted by atomic mass is 9.74. The van der Waals surface area contributed by atoms with Crippen molar-refractivity contribution in [2.75, 3.05) is 26.2 Å². The molecule has 27 heavy (non-hydrogen) atoms. The van der Waals surface area contributed by atoms with E-state index in [4.69, 9.17) is 0 Å². The van der Waals surface area contributed by atoms with E-state index in [1.807, 2.05) is 12.1 Å². The minimum absolute atomic E-state index is 0.0561. The van der Waals surface area contributed by atoms with Gasteiger partial charge in [0.15, 0.2) is 0 Å².